The van der Waals surface area contributed by atoms with Crippen molar-refractivity contribution in [1.29, 1.82) is 0 Å². The van der Waals surface area contributed by atoms with Crippen molar-refractivity contribution in [2.45, 2.75) is 32.4 Å². The van der Waals surface area contributed by atoms with E-state index in [-0.39, 0.29) is 18.1 Å². The molecule has 1 amide bonds. The van der Waals surface area contributed by atoms with E-state index in [0.29, 0.717) is 30.3 Å². The molecule has 7 nitrogen and oxygen atoms in total. The van der Waals surface area contributed by atoms with Crippen molar-refractivity contribution < 1.29 is 28.9 Å². The molecule has 1 fully saturated rings. The maximum atomic E-state index is 12.3. The van der Waals surface area contributed by atoms with Gasteiger partial charge in [-0.3, -0.25) is 4.79 Å². The summed E-state index contributed by atoms with van der Waals surface area (Å²) in [7, 11) is 0. The highest BCUT2D eigenvalue weighted by molar-refractivity contribution is 5.95. The molecule has 23 heavy (non-hydrogen) atoms. The number of carboxylic acids is 1. The van der Waals surface area contributed by atoms with Gasteiger partial charge >= 0.3 is 5.97 Å². The van der Waals surface area contributed by atoms with Gasteiger partial charge in [-0.1, -0.05) is 0 Å². The Hall–Kier alpha value is -2.28. The number of hydrogen-bond acceptors (Lipinski definition) is 5. The first-order valence-corrected chi connectivity index (χ1v) is 7.55. The Balaban J connectivity index is 2.10. The van der Waals surface area contributed by atoms with Crippen LogP contribution in [0.2, 0.25) is 0 Å². The molecule has 2 unspecified atom stereocenters. The monoisotopic (exact) mass is 323 g/mol. The topological polar surface area (TPSA) is 94.1 Å². The van der Waals surface area contributed by atoms with Crippen molar-refractivity contribution in [1.82, 2.24) is 5.32 Å². The largest absolute Gasteiger partial charge is 0.490 e. The zero-order valence-corrected chi connectivity index (χ0v) is 13.2. The fourth-order valence-electron chi connectivity index (χ4n) is 2.35. The Morgan fingerprint density at radius 2 is 2.13 bits per heavy atom. The average molecular weight is 323 g/mol. The molecule has 7 heteroatoms. The smallest absolute Gasteiger partial charge is 0.341 e. The molecular weight excluding hydrogens is 302 g/mol. The third-order valence-electron chi connectivity index (χ3n) is 3.55. The van der Waals surface area contributed by atoms with Crippen LogP contribution in [0.1, 0.15) is 30.6 Å². The van der Waals surface area contributed by atoms with Gasteiger partial charge < -0.3 is 24.6 Å². The normalized spacial score (nSPS) is 20.1. The van der Waals surface area contributed by atoms with Gasteiger partial charge in [0.05, 0.1) is 18.8 Å². The Morgan fingerprint density at radius 1 is 1.35 bits per heavy atom. The van der Waals surface area contributed by atoms with Crippen LogP contribution in [0.5, 0.6) is 11.5 Å². The number of carbonyl (C=O) groups is 2. The third kappa shape index (κ3) is 4.59. The minimum Gasteiger partial charge on any atom is -0.490 e. The van der Waals surface area contributed by atoms with Gasteiger partial charge in [0.15, 0.2) is 18.1 Å². The molecule has 1 aliphatic rings. The predicted molar refractivity (Wildman–Crippen MR) is 82.0 cm³/mol. The summed E-state index contributed by atoms with van der Waals surface area (Å²) in [6.45, 7) is 4.26. The van der Waals surface area contributed by atoms with Crippen molar-refractivity contribution in [2.75, 3.05) is 19.8 Å². The minimum absolute atomic E-state index is 0.0107. The molecule has 1 saturated heterocycles. The summed E-state index contributed by atoms with van der Waals surface area (Å²) in [6, 6.07) is 4.66. The second-order valence-electron chi connectivity index (χ2n) is 5.22. The zero-order valence-electron chi connectivity index (χ0n) is 13.2. The molecule has 1 aliphatic heterocycles. The molecule has 0 aromatic heterocycles. The highest BCUT2D eigenvalue weighted by Gasteiger charge is 2.26. The van der Waals surface area contributed by atoms with Gasteiger partial charge in [-0.2, -0.15) is 0 Å². The minimum atomic E-state index is -1.08. The maximum absolute atomic E-state index is 12.3. The van der Waals surface area contributed by atoms with Crippen LogP contribution in [-0.2, 0) is 9.53 Å². The van der Waals surface area contributed by atoms with E-state index in [2.05, 4.69) is 5.32 Å². The first-order chi connectivity index (χ1) is 11.0. The van der Waals surface area contributed by atoms with Gasteiger partial charge in [0.2, 0.25) is 0 Å². The third-order valence-corrected chi connectivity index (χ3v) is 3.55. The first kappa shape index (κ1) is 17.1. The number of hydrogen-bond donors (Lipinski definition) is 2. The van der Waals surface area contributed by atoms with Gasteiger partial charge in [-0.15, -0.1) is 0 Å². The summed E-state index contributed by atoms with van der Waals surface area (Å²) in [5.74, 6) is -0.664. The lowest BCUT2D eigenvalue weighted by Crippen LogP contribution is -2.39. The summed E-state index contributed by atoms with van der Waals surface area (Å²) in [5.41, 5.74) is 0.426. The number of nitrogens with one attached hydrogen (secondary N) is 1. The van der Waals surface area contributed by atoms with Crippen LogP contribution in [0.4, 0.5) is 0 Å². The summed E-state index contributed by atoms with van der Waals surface area (Å²) in [4.78, 5) is 22.9. The number of aliphatic carboxylic acids is 1. The number of carboxylic acid groups (broad SMARTS) is 1. The predicted octanol–water partition coefficient (Wildman–Crippen LogP) is 1.46. The van der Waals surface area contributed by atoms with Gasteiger partial charge in [0, 0.05) is 12.2 Å². The molecule has 2 N–H and O–H groups in total. The molecular formula is C16H21NO6. The van der Waals surface area contributed by atoms with Gasteiger partial charge in [-0.25, -0.2) is 4.79 Å². The number of carbonyl (C=O) groups excluding carboxylic acids is 1. The molecule has 2 atom stereocenters. The van der Waals surface area contributed by atoms with Crippen molar-refractivity contribution in [3.63, 3.8) is 0 Å². The van der Waals surface area contributed by atoms with Crippen LogP contribution in [-0.4, -0.2) is 48.9 Å². The standard InChI is InChI=1S/C16H21NO6/c1-3-21-14-8-11(4-5-13(14)23-9-15(18)19)16(20)17-12-6-7-22-10(12)2/h4-5,8,10,12H,3,6-7,9H2,1-2H3,(H,17,20)(H,18,19). The Morgan fingerprint density at radius 3 is 2.74 bits per heavy atom. The van der Waals surface area contributed by atoms with Crippen molar-refractivity contribution in [3.8, 4) is 11.5 Å². The van der Waals surface area contributed by atoms with E-state index in [1.165, 1.54) is 6.07 Å². The van der Waals surface area contributed by atoms with E-state index in [9.17, 15) is 9.59 Å². The summed E-state index contributed by atoms with van der Waals surface area (Å²) in [5, 5.41) is 11.6. The van der Waals surface area contributed by atoms with Crippen LogP contribution < -0.4 is 14.8 Å². The fraction of sp³-hybridized carbons (Fsp3) is 0.500. The van der Waals surface area contributed by atoms with Gasteiger partial charge in [0.25, 0.3) is 5.91 Å². The summed E-state index contributed by atoms with van der Waals surface area (Å²) < 4.78 is 16.0. The molecule has 0 saturated carbocycles. The molecule has 1 heterocycles. The number of ether oxygens (including phenoxy) is 3. The van der Waals surface area contributed by atoms with Crippen LogP contribution in [0.25, 0.3) is 0 Å². The van der Waals surface area contributed by atoms with Crippen molar-refractivity contribution in [2.24, 2.45) is 0 Å². The average Bonchev–Trinajstić information content (AvgIpc) is 2.91. The molecule has 0 bridgehead atoms. The quantitative estimate of drug-likeness (QED) is 0.789. The van der Waals surface area contributed by atoms with Crippen LogP contribution in [0.15, 0.2) is 18.2 Å². The highest BCUT2D eigenvalue weighted by Crippen LogP contribution is 2.28. The molecule has 0 radical (unpaired) electrons. The summed E-state index contributed by atoms with van der Waals surface area (Å²) in [6.07, 6.45) is 0.772. The van der Waals surface area contributed by atoms with E-state index < -0.39 is 12.6 Å². The highest BCUT2D eigenvalue weighted by atomic mass is 16.5. The van der Waals surface area contributed by atoms with Crippen LogP contribution >= 0.6 is 0 Å². The molecule has 2 rings (SSSR count). The number of benzene rings is 1. The van der Waals surface area contributed by atoms with E-state index >= 15 is 0 Å². The Kier molecular flexibility index (Phi) is 5.81. The second kappa shape index (κ2) is 7.82. The molecule has 1 aromatic rings. The molecule has 0 aliphatic carbocycles. The Bertz CT molecular complexity index is 574. The lowest BCUT2D eigenvalue weighted by Gasteiger charge is -2.17. The summed E-state index contributed by atoms with van der Waals surface area (Å²) >= 11 is 0. The number of rotatable bonds is 7. The molecule has 0 spiro atoms. The van der Waals surface area contributed by atoms with Gasteiger partial charge in [-0.05, 0) is 38.5 Å². The van der Waals surface area contributed by atoms with Crippen LogP contribution in [0, 0.1) is 0 Å². The fourth-order valence-corrected chi connectivity index (χ4v) is 2.35. The lowest BCUT2D eigenvalue weighted by atomic mass is 10.1. The number of amides is 1. The van der Waals surface area contributed by atoms with Gasteiger partial charge in [0.1, 0.15) is 0 Å². The SMILES string of the molecule is CCOc1cc(C(=O)NC2CCOC2C)ccc1OCC(=O)O. The zero-order chi connectivity index (χ0) is 16.8. The van der Waals surface area contributed by atoms with E-state index in [4.69, 9.17) is 19.3 Å². The van der Waals surface area contributed by atoms with E-state index in [1.807, 2.05) is 6.92 Å². The van der Waals surface area contributed by atoms with E-state index in [0.717, 1.165) is 6.42 Å². The molecule has 126 valence electrons. The van der Waals surface area contributed by atoms with Crippen molar-refractivity contribution in [3.05, 3.63) is 23.8 Å². The Labute approximate surface area is 134 Å². The first-order valence-electron chi connectivity index (χ1n) is 7.55. The van der Waals surface area contributed by atoms with E-state index in [1.54, 1.807) is 19.1 Å². The lowest BCUT2D eigenvalue weighted by molar-refractivity contribution is -0.139. The second-order valence-corrected chi connectivity index (χ2v) is 5.22. The van der Waals surface area contributed by atoms with Crippen molar-refractivity contribution >= 4 is 11.9 Å². The van der Waals surface area contributed by atoms with Crippen LogP contribution in [0.3, 0.4) is 0 Å². The molecule has 1 aromatic carbocycles. The maximum Gasteiger partial charge on any atom is 0.341 e.